The van der Waals surface area contributed by atoms with E-state index in [0.717, 1.165) is 17.8 Å². The Morgan fingerprint density at radius 3 is 2.39 bits per heavy atom. The highest BCUT2D eigenvalue weighted by Gasteiger charge is 2.31. The summed E-state index contributed by atoms with van der Waals surface area (Å²) in [5, 5.41) is 12.2. The molecule has 0 saturated carbocycles. The molecule has 2 aromatic carbocycles. The predicted molar refractivity (Wildman–Crippen MR) is 110 cm³/mol. The van der Waals surface area contributed by atoms with Crippen molar-refractivity contribution in [2.75, 3.05) is 36.8 Å². The number of alkyl halides is 3. The highest BCUT2D eigenvalue weighted by molar-refractivity contribution is 7.99. The van der Waals surface area contributed by atoms with E-state index in [0.29, 0.717) is 37.0 Å². The van der Waals surface area contributed by atoms with Crippen molar-refractivity contribution in [1.82, 2.24) is 25.1 Å². The normalized spacial score (nSPS) is 14.7. The highest BCUT2D eigenvalue weighted by atomic mass is 32.2. The highest BCUT2D eigenvalue weighted by Crippen LogP contribution is 2.32. The van der Waals surface area contributed by atoms with Crippen molar-refractivity contribution < 1.29 is 18.0 Å². The van der Waals surface area contributed by atoms with E-state index in [-0.39, 0.29) is 11.7 Å². The number of carbonyl (C=O) groups is 1. The van der Waals surface area contributed by atoms with Crippen molar-refractivity contribution in [2.24, 2.45) is 0 Å². The summed E-state index contributed by atoms with van der Waals surface area (Å²) in [6.45, 7) is 1.83. The van der Waals surface area contributed by atoms with Gasteiger partial charge in [0.15, 0.2) is 0 Å². The number of hydrogen-bond acceptors (Lipinski definition) is 6. The van der Waals surface area contributed by atoms with Gasteiger partial charge in [0.25, 0.3) is 0 Å². The Hall–Kier alpha value is -3.08. The minimum Gasteiger partial charge on any atom is -0.368 e. The molecule has 0 N–H and O–H groups in total. The Morgan fingerprint density at radius 2 is 1.68 bits per heavy atom. The van der Waals surface area contributed by atoms with Crippen LogP contribution < -0.4 is 4.90 Å². The van der Waals surface area contributed by atoms with Crippen LogP contribution in [0.25, 0.3) is 5.69 Å². The van der Waals surface area contributed by atoms with Gasteiger partial charge in [0, 0.05) is 31.9 Å². The van der Waals surface area contributed by atoms with Gasteiger partial charge in [-0.05, 0) is 40.8 Å². The lowest BCUT2D eigenvalue weighted by Crippen LogP contribution is -2.49. The van der Waals surface area contributed by atoms with Crippen molar-refractivity contribution in [3.63, 3.8) is 0 Å². The van der Waals surface area contributed by atoms with Gasteiger partial charge in [0.05, 0.1) is 17.0 Å². The molecule has 0 radical (unpaired) electrons. The molecular weight excluding hydrogens is 429 g/mol. The SMILES string of the molecule is O=C(CSc1nnnn1-c1ccccc1)N1CCN(c2cccc(C(F)(F)F)c2)CC1. The number of tetrazole rings is 1. The lowest BCUT2D eigenvalue weighted by atomic mass is 10.1. The van der Waals surface area contributed by atoms with E-state index >= 15 is 0 Å². The molecule has 0 atom stereocenters. The van der Waals surface area contributed by atoms with Crippen LogP contribution in [0.2, 0.25) is 0 Å². The summed E-state index contributed by atoms with van der Waals surface area (Å²) in [7, 11) is 0. The summed E-state index contributed by atoms with van der Waals surface area (Å²) >= 11 is 1.25. The Bertz CT molecular complexity index is 1030. The van der Waals surface area contributed by atoms with E-state index in [4.69, 9.17) is 0 Å². The van der Waals surface area contributed by atoms with Gasteiger partial charge in [0.1, 0.15) is 0 Å². The quantitative estimate of drug-likeness (QED) is 0.559. The molecule has 2 heterocycles. The number of anilines is 1. The summed E-state index contributed by atoms with van der Waals surface area (Å²) < 4.78 is 40.4. The van der Waals surface area contributed by atoms with Crippen LogP contribution >= 0.6 is 11.8 Å². The van der Waals surface area contributed by atoms with Gasteiger partial charge in [0.2, 0.25) is 11.1 Å². The first-order chi connectivity index (χ1) is 14.9. The van der Waals surface area contributed by atoms with E-state index in [1.165, 1.54) is 17.8 Å². The van der Waals surface area contributed by atoms with Crippen LogP contribution in [0, 0.1) is 0 Å². The van der Waals surface area contributed by atoms with Crippen LogP contribution in [0.3, 0.4) is 0 Å². The lowest BCUT2D eigenvalue weighted by Gasteiger charge is -2.36. The maximum absolute atomic E-state index is 13.0. The first kappa shape index (κ1) is 21.2. The van der Waals surface area contributed by atoms with E-state index in [1.54, 1.807) is 15.6 Å². The number of para-hydroxylation sites is 1. The number of piperazine rings is 1. The number of halogens is 3. The molecule has 0 unspecified atom stereocenters. The number of hydrogen-bond donors (Lipinski definition) is 0. The molecule has 1 aliphatic heterocycles. The maximum Gasteiger partial charge on any atom is 0.416 e. The zero-order valence-electron chi connectivity index (χ0n) is 16.4. The fraction of sp³-hybridized carbons (Fsp3) is 0.300. The number of amides is 1. The molecular formula is C20H19F3N6OS. The lowest BCUT2D eigenvalue weighted by molar-refractivity contribution is -0.137. The second kappa shape index (κ2) is 8.96. The van der Waals surface area contributed by atoms with Gasteiger partial charge in [-0.1, -0.05) is 36.0 Å². The van der Waals surface area contributed by atoms with E-state index in [1.807, 2.05) is 35.2 Å². The van der Waals surface area contributed by atoms with Gasteiger partial charge in [-0.15, -0.1) is 5.10 Å². The van der Waals surface area contributed by atoms with Gasteiger partial charge in [-0.2, -0.15) is 17.9 Å². The zero-order chi connectivity index (χ0) is 21.8. The monoisotopic (exact) mass is 448 g/mol. The molecule has 0 spiro atoms. The molecule has 7 nitrogen and oxygen atoms in total. The van der Waals surface area contributed by atoms with Crippen LogP contribution in [0.5, 0.6) is 0 Å². The van der Waals surface area contributed by atoms with Crippen LogP contribution in [0.4, 0.5) is 18.9 Å². The minimum absolute atomic E-state index is 0.0590. The van der Waals surface area contributed by atoms with Gasteiger partial charge >= 0.3 is 6.18 Å². The molecule has 1 aromatic heterocycles. The third kappa shape index (κ3) is 4.98. The molecule has 0 aliphatic carbocycles. The molecule has 1 fully saturated rings. The predicted octanol–water partition coefficient (Wildman–Crippen LogP) is 3.12. The van der Waals surface area contributed by atoms with E-state index < -0.39 is 11.7 Å². The number of carbonyl (C=O) groups excluding carboxylic acids is 1. The Labute approximate surface area is 180 Å². The molecule has 1 aliphatic rings. The number of thioether (sulfide) groups is 1. The Balaban J connectivity index is 1.32. The second-order valence-corrected chi connectivity index (χ2v) is 7.86. The Kier molecular flexibility index (Phi) is 6.12. The second-order valence-electron chi connectivity index (χ2n) is 6.91. The van der Waals surface area contributed by atoms with E-state index in [2.05, 4.69) is 15.5 Å². The largest absolute Gasteiger partial charge is 0.416 e. The number of benzene rings is 2. The van der Waals surface area contributed by atoms with Crippen molar-refractivity contribution in [2.45, 2.75) is 11.3 Å². The maximum atomic E-state index is 13.0. The van der Waals surface area contributed by atoms with Crippen LogP contribution in [-0.4, -0.2) is 62.9 Å². The molecule has 1 saturated heterocycles. The van der Waals surface area contributed by atoms with Crippen molar-refractivity contribution in [1.29, 1.82) is 0 Å². The molecule has 31 heavy (non-hydrogen) atoms. The average molecular weight is 448 g/mol. The third-order valence-corrected chi connectivity index (χ3v) is 5.84. The zero-order valence-corrected chi connectivity index (χ0v) is 17.2. The average Bonchev–Trinajstić information content (AvgIpc) is 3.26. The van der Waals surface area contributed by atoms with Crippen LogP contribution in [0.15, 0.2) is 59.8 Å². The molecule has 11 heteroatoms. The van der Waals surface area contributed by atoms with Gasteiger partial charge in [-0.3, -0.25) is 4.79 Å². The van der Waals surface area contributed by atoms with Gasteiger partial charge < -0.3 is 9.80 Å². The van der Waals surface area contributed by atoms with Crippen molar-refractivity contribution in [3.8, 4) is 5.69 Å². The van der Waals surface area contributed by atoms with Crippen molar-refractivity contribution in [3.05, 3.63) is 60.2 Å². The summed E-state index contributed by atoms with van der Waals surface area (Å²) in [6, 6.07) is 14.7. The fourth-order valence-electron chi connectivity index (χ4n) is 3.31. The number of aromatic nitrogens is 4. The van der Waals surface area contributed by atoms with Crippen molar-refractivity contribution >= 4 is 23.4 Å². The molecule has 3 aromatic rings. The topological polar surface area (TPSA) is 67.2 Å². The smallest absolute Gasteiger partial charge is 0.368 e. The van der Waals surface area contributed by atoms with Gasteiger partial charge in [-0.25, -0.2) is 0 Å². The van der Waals surface area contributed by atoms with E-state index in [9.17, 15) is 18.0 Å². The molecule has 162 valence electrons. The summed E-state index contributed by atoms with van der Waals surface area (Å²) in [5.74, 6) is 0.118. The fourth-order valence-corrected chi connectivity index (χ4v) is 4.10. The number of rotatable bonds is 5. The first-order valence-electron chi connectivity index (χ1n) is 9.58. The number of nitrogens with zero attached hydrogens (tertiary/aromatic N) is 6. The minimum atomic E-state index is -4.37. The molecule has 0 bridgehead atoms. The molecule has 1 amide bonds. The van der Waals surface area contributed by atoms with Crippen LogP contribution in [-0.2, 0) is 11.0 Å². The summed E-state index contributed by atoms with van der Waals surface area (Å²) in [6.07, 6.45) is -4.37. The third-order valence-electron chi connectivity index (χ3n) is 4.94. The first-order valence-corrected chi connectivity index (χ1v) is 10.6. The standard InChI is InChI=1S/C20H19F3N6OS/c21-20(22,23)15-5-4-8-17(13-15)27-9-11-28(12-10-27)18(30)14-31-19-24-25-26-29(19)16-6-2-1-3-7-16/h1-8,13H,9-12,14H2. The van der Waals surface area contributed by atoms with Crippen LogP contribution in [0.1, 0.15) is 5.56 Å². The summed E-state index contributed by atoms with van der Waals surface area (Å²) in [4.78, 5) is 16.2. The summed E-state index contributed by atoms with van der Waals surface area (Å²) in [5.41, 5.74) is 0.645. The Morgan fingerprint density at radius 1 is 0.968 bits per heavy atom. The molecule has 4 rings (SSSR count).